The van der Waals surface area contributed by atoms with Crippen molar-refractivity contribution in [2.75, 3.05) is 0 Å². The molecule has 0 aromatic carbocycles. The second kappa shape index (κ2) is 3.56. The van der Waals surface area contributed by atoms with Crippen LogP contribution in [0.5, 0.6) is 0 Å². The number of rotatable bonds is 0. The average molecular weight is 440 g/mol. The van der Waals surface area contributed by atoms with Gasteiger partial charge in [0.1, 0.15) is 0 Å². The van der Waals surface area contributed by atoms with E-state index in [1.54, 1.807) is 0 Å². The molecule has 0 heterocycles. The molecule has 0 aliphatic carbocycles. The maximum atomic E-state index is 3.34. The Morgan fingerprint density at radius 3 is 1.00 bits per heavy atom. The summed E-state index contributed by atoms with van der Waals surface area (Å²) in [5.41, 5.74) is 0. The Hall–Kier alpha value is 2.38. The monoisotopic (exact) mass is 439 g/mol. The number of halogens is 3. The molecule has 0 aromatic heterocycles. The normalized spacial score (nSPS) is 6.75. The summed E-state index contributed by atoms with van der Waals surface area (Å²) < 4.78 is 0. The van der Waals surface area contributed by atoms with Gasteiger partial charge in [0.05, 0.1) is 0 Å². The summed E-state index contributed by atoms with van der Waals surface area (Å²) in [6.45, 7) is 0. The first-order valence-electron chi connectivity index (χ1n) is 0.802. The summed E-state index contributed by atoms with van der Waals surface area (Å²) in [7, 11) is 0. The van der Waals surface area contributed by atoms with Crippen LogP contribution in [0.15, 0.2) is 0 Å². The summed E-state index contributed by atoms with van der Waals surface area (Å²) in [6.07, 6.45) is 0. The summed E-state index contributed by atoms with van der Waals surface area (Å²) in [4.78, 5) is 0. The Morgan fingerprint density at radius 2 is 1.00 bits per heavy atom. The Kier molecular flexibility index (Phi) is 5.68. The van der Waals surface area contributed by atoms with Gasteiger partial charge in [0.15, 0.2) is 0 Å². The minimum absolute atomic E-state index is 1.35. The molecular weight excluding hydrogens is 440 g/mol. The summed E-state index contributed by atoms with van der Waals surface area (Å²) in [5.74, 6) is 0. The van der Waals surface area contributed by atoms with Crippen molar-refractivity contribution in [3.63, 3.8) is 0 Å². The number of hydrogen-bond donors (Lipinski definition) is 0. The fraction of sp³-hybridized carbons (Fsp3) is 0. The molecule has 0 saturated heterocycles. The molecule has 0 rings (SSSR count). The van der Waals surface area contributed by atoms with Crippen LogP contribution in [-0.4, -0.2) is 0 Å². The first kappa shape index (κ1) is 6.38. The summed E-state index contributed by atoms with van der Waals surface area (Å²) in [5, 5.41) is 0. The van der Waals surface area contributed by atoms with Crippen molar-refractivity contribution in [2.24, 2.45) is 0 Å². The molecule has 0 radical (unpaired) electrons. The van der Waals surface area contributed by atoms with Crippen LogP contribution >= 0.6 is 35.7 Å². The molecule has 0 aliphatic heterocycles. The minimum atomic E-state index is -1.35. The molecule has 4 heavy (non-hydrogen) atoms. The SMILES string of the molecule is [Br][Hg-]([Br])[Br]. The molecule has 0 nitrogen and oxygen atoms in total. The van der Waals surface area contributed by atoms with E-state index < -0.39 is 15.7 Å². The van der Waals surface area contributed by atoms with Crippen LogP contribution < -0.4 is 0 Å². The van der Waals surface area contributed by atoms with E-state index in [2.05, 4.69) is 35.7 Å². The molecule has 24 valence electrons. The fourth-order valence-electron chi connectivity index (χ4n) is 0. The van der Waals surface area contributed by atoms with E-state index in [4.69, 9.17) is 0 Å². The van der Waals surface area contributed by atoms with Crippen molar-refractivity contribution in [3.05, 3.63) is 0 Å². The van der Waals surface area contributed by atoms with Crippen LogP contribution in [0.25, 0.3) is 0 Å². The third-order valence-corrected chi connectivity index (χ3v) is 0. The zero-order valence-electron chi connectivity index (χ0n) is 1.84. The van der Waals surface area contributed by atoms with Gasteiger partial charge < -0.3 is 0 Å². The molecule has 0 aliphatic rings. The van der Waals surface area contributed by atoms with Crippen molar-refractivity contribution in [1.82, 2.24) is 0 Å². The van der Waals surface area contributed by atoms with Crippen molar-refractivity contribution in [3.8, 4) is 0 Å². The zero-order valence-corrected chi connectivity index (χ0v) is 12.1. The average Bonchev–Trinajstić information content (AvgIpc) is 0.811. The predicted molar refractivity (Wildman–Crippen MR) is 26.8 cm³/mol. The molecule has 0 unspecified atom stereocenters. The Balaban J connectivity index is 2.32. The van der Waals surface area contributed by atoms with Crippen LogP contribution in [0.2, 0.25) is 0 Å². The standard InChI is InChI=1S/3BrH.Hg/h3*1H;/q;;;+2/p-3. The Labute approximate surface area is 50.4 Å². The van der Waals surface area contributed by atoms with Gasteiger partial charge in [-0.2, -0.15) is 0 Å². The summed E-state index contributed by atoms with van der Waals surface area (Å²) in [6, 6.07) is 0. The van der Waals surface area contributed by atoms with Crippen LogP contribution in [0.1, 0.15) is 0 Å². The van der Waals surface area contributed by atoms with E-state index in [1.807, 2.05) is 0 Å². The van der Waals surface area contributed by atoms with Crippen LogP contribution in [0.4, 0.5) is 0 Å². The van der Waals surface area contributed by atoms with Crippen molar-refractivity contribution in [1.29, 1.82) is 0 Å². The number of hydrogen-bond acceptors (Lipinski definition) is 0. The molecule has 4 heteroatoms. The van der Waals surface area contributed by atoms with E-state index in [9.17, 15) is 0 Å². The van der Waals surface area contributed by atoms with E-state index >= 15 is 0 Å². The first-order chi connectivity index (χ1) is 1.73. The summed E-state index contributed by atoms with van der Waals surface area (Å²) >= 11 is 8.66. The predicted octanol–water partition coefficient (Wildman–Crippen LogP) is 2.53. The van der Waals surface area contributed by atoms with E-state index in [0.717, 1.165) is 0 Å². The fourth-order valence-corrected chi connectivity index (χ4v) is 0. The molecule has 0 saturated carbocycles. The van der Waals surface area contributed by atoms with Gasteiger partial charge in [0.25, 0.3) is 0 Å². The van der Waals surface area contributed by atoms with E-state index in [-0.39, 0.29) is 0 Å². The first-order valence-corrected chi connectivity index (χ1v) is 36.6. The van der Waals surface area contributed by atoms with Crippen LogP contribution in [-0.2, 0) is 15.7 Å². The van der Waals surface area contributed by atoms with Crippen LogP contribution in [0, 0.1) is 0 Å². The van der Waals surface area contributed by atoms with Crippen molar-refractivity contribution < 1.29 is 15.7 Å². The quantitative estimate of drug-likeness (QED) is 0.508. The Morgan fingerprint density at radius 1 is 1.00 bits per heavy atom. The van der Waals surface area contributed by atoms with Gasteiger partial charge in [-0.15, -0.1) is 0 Å². The van der Waals surface area contributed by atoms with Gasteiger partial charge in [0.2, 0.25) is 0 Å². The third kappa shape index (κ3) is 8.83. The van der Waals surface area contributed by atoms with Crippen molar-refractivity contribution >= 4 is 35.7 Å². The van der Waals surface area contributed by atoms with E-state index in [1.165, 1.54) is 0 Å². The van der Waals surface area contributed by atoms with Gasteiger partial charge in [-0.1, -0.05) is 0 Å². The van der Waals surface area contributed by atoms with Gasteiger partial charge >= 0.3 is 51.5 Å². The van der Waals surface area contributed by atoms with Crippen LogP contribution in [0.3, 0.4) is 0 Å². The van der Waals surface area contributed by atoms with Gasteiger partial charge in [0, 0.05) is 0 Å². The maximum absolute atomic E-state index is 3.34. The molecule has 0 N–H and O–H groups in total. The topological polar surface area (TPSA) is 0 Å². The molecule has 0 spiro atoms. The Bertz CT molecular complexity index is 8.00. The van der Waals surface area contributed by atoms with E-state index in [0.29, 0.717) is 0 Å². The molecular formula is Br3Hg-. The van der Waals surface area contributed by atoms with Gasteiger partial charge in [-0.3, -0.25) is 0 Å². The third-order valence-electron chi connectivity index (χ3n) is 0. The molecule has 0 aromatic rings. The van der Waals surface area contributed by atoms with Gasteiger partial charge in [-0.25, -0.2) is 0 Å². The van der Waals surface area contributed by atoms with Crippen molar-refractivity contribution in [2.45, 2.75) is 0 Å². The molecule has 0 amide bonds. The zero-order chi connectivity index (χ0) is 3.58. The second-order valence-electron chi connectivity index (χ2n) is 0.303. The van der Waals surface area contributed by atoms with Gasteiger partial charge in [-0.05, 0) is 0 Å². The second-order valence-corrected chi connectivity index (χ2v) is 71.8. The molecule has 0 bridgehead atoms. The molecule has 0 atom stereocenters. The molecule has 0 fully saturated rings.